The lowest BCUT2D eigenvalue weighted by Gasteiger charge is -2.43. The molecular weight excluding hydrogens is 250 g/mol. The summed E-state index contributed by atoms with van der Waals surface area (Å²) < 4.78 is 5.58. The van der Waals surface area contributed by atoms with E-state index in [1.54, 1.807) is 0 Å². The maximum absolute atomic E-state index is 5.58. The number of rotatable bonds is 5. The Labute approximate surface area is 124 Å². The molecule has 1 atom stereocenters. The quantitative estimate of drug-likeness (QED) is 0.826. The predicted octanol–water partition coefficient (Wildman–Crippen LogP) is 1.42. The predicted molar refractivity (Wildman–Crippen MR) is 84.2 cm³/mol. The Kier molecular flexibility index (Phi) is 6.27. The van der Waals surface area contributed by atoms with E-state index in [1.165, 1.54) is 51.9 Å². The number of nitrogens with zero attached hydrogens (tertiary/aromatic N) is 2. The Balaban J connectivity index is 2.03. The van der Waals surface area contributed by atoms with E-state index in [2.05, 4.69) is 29.1 Å². The Morgan fingerprint density at radius 3 is 2.65 bits per heavy atom. The molecule has 2 saturated heterocycles. The summed E-state index contributed by atoms with van der Waals surface area (Å²) >= 11 is 0. The lowest BCUT2D eigenvalue weighted by molar-refractivity contribution is 0.0105. The summed E-state index contributed by atoms with van der Waals surface area (Å²) in [6, 6.07) is 0.714. The molecule has 4 nitrogen and oxygen atoms in total. The van der Waals surface area contributed by atoms with Crippen molar-refractivity contribution < 1.29 is 4.74 Å². The maximum atomic E-state index is 5.58. The summed E-state index contributed by atoms with van der Waals surface area (Å²) in [5.41, 5.74) is 0.371. The van der Waals surface area contributed by atoms with Gasteiger partial charge in [0.1, 0.15) is 0 Å². The van der Waals surface area contributed by atoms with Crippen LogP contribution >= 0.6 is 0 Å². The van der Waals surface area contributed by atoms with Crippen LogP contribution in [0.25, 0.3) is 0 Å². The molecule has 2 aliphatic heterocycles. The van der Waals surface area contributed by atoms with Gasteiger partial charge in [-0.15, -0.1) is 0 Å². The van der Waals surface area contributed by atoms with Crippen molar-refractivity contribution in [3.8, 4) is 0 Å². The monoisotopic (exact) mass is 283 g/mol. The summed E-state index contributed by atoms with van der Waals surface area (Å²) in [5.74, 6) is 0. The van der Waals surface area contributed by atoms with E-state index >= 15 is 0 Å². The van der Waals surface area contributed by atoms with Crippen LogP contribution in [0.2, 0.25) is 0 Å². The molecule has 0 bridgehead atoms. The first-order chi connectivity index (χ1) is 9.69. The van der Waals surface area contributed by atoms with Gasteiger partial charge in [-0.3, -0.25) is 4.90 Å². The molecule has 0 aliphatic carbocycles. The van der Waals surface area contributed by atoms with Crippen LogP contribution in [0.4, 0.5) is 0 Å². The van der Waals surface area contributed by atoms with E-state index in [9.17, 15) is 0 Å². The summed E-state index contributed by atoms with van der Waals surface area (Å²) in [6.45, 7) is 10.5. The molecule has 0 saturated carbocycles. The molecule has 1 unspecified atom stereocenters. The number of ether oxygens (including phenoxy) is 1. The van der Waals surface area contributed by atoms with Crippen LogP contribution in [-0.2, 0) is 4.74 Å². The third kappa shape index (κ3) is 4.17. The fourth-order valence-electron chi connectivity index (χ4n) is 3.93. The summed E-state index contributed by atoms with van der Waals surface area (Å²) in [5, 5.41) is 3.50. The van der Waals surface area contributed by atoms with Crippen LogP contribution in [-0.4, -0.2) is 75.9 Å². The Bertz CT molecular complexity index is 273. The third-order valence-corrected chi connectivity index (χ3v) is 5.15. The van der Waals surface area contributed by atoms with Gasteiger partial charge in [0.2, 0.25) is 0 Å². The number of hydrogen-bond acceptors (Lipinski definition) is 4. The number of hydrogen-bond donors (Lipinski definition) is 1. The zero-order chi connectivity index (χ0) is 14.4. The molecular formula is C16H33N3O. The van der Waals surface area contributed by atoms with Crippen molar-refractivity contribution in [3.63, 3.8) is 0 Å². The second kappa shape index (κ2) is 7.74. The van der Waals surface area contributed by atoms with Gasteiger partial charge in [0.25, 0.3) is 0 Å². The number of methoxy groups -OCH3 is 1. The maximum Gasteiger partial charge on any atom is 0.0531 e. The van der Waals surface area contributed by atoms with Gasteiger partial charge < -0.3 is 15.0 Å². The number of likely N-dealkylation sites (N-methyl/N-ethyl adjacent to an activating group) is 1. The molecule has 0 aromatic carbocycles. The summed E-state index contributed by atoms with van der Waals surface area (Å²) in [7, 11) is 4.12. The van der Waals surface area contributed by atoms with Crippen LogP contribution < -0.4 is 5.32 Å². The highest BCUT2D eigenvalue weighted by Crippen LogP contribution is 2.31. The molecule has 2 rings (SSSR count). The van der Waals surface area contributed by atoms with Crippen molar-refractivity contribution in [2.75, 3.05) is 60.0 Å². The van der Waals surface area contributed by atoms with Crippen LogP contribution in [0.5, 0.6) is 0 Å². The molecule has 20 heavy (non-hydrogen) atoms. The minimum atomic E-state index is 0.371. The van der Waals surface area contributed by atoms with Crippen molar-refractivity contribution in [1.29, 1.82) is 0 Å². The van der Waals surface area contributed by atoms with E-state index in [0.29, 0.717) is 11.5 Å². The largest absolute Gasteiger partial charge is 0.384 e. The standard InChI is InChI=1S/C16H33N3O/c1-4-15-12-18(2)10-5-11-19(15)13-16(14-20-3)6-8-17-9-7-16/h15,17H,4-14H2,1-3H3. The highest BCUT2D eigenvalue weighted by atomic mass is 16.5. The normalized spacial score (nSPS) is 29.2. The topological polar surface area (TPSA) is 27.7 Å². The van der Waals surface area contributed by atoms with Crippen molar-refractivity contribution in [3.05, 3.63) is 0 Å². The molecule has 1 N–H and O–H groups in total. The second-order valence-electron chi connectivity index (χ2n) is 6.83. The lowest BCUT2D eigenvalue weighted by Crippen LogP contribution is -2.51. The zero-order valence-corrected chi connectivity index (χ0v) is 13.7. The summed E-state index contributed by atoms with van der Waals surface area (Å²) in [4.78, 5) is 5.26. The smallest absolute Gasteiger partial charge is 0.0531 e. The van der Waals surface area contributed by atoms with Gasteiger partial charge in [-0.05, 0) is 58.9 Å². The van der Waals surface area contributed by atoms with E-state index in [1.807, 2.05) is 7.11 Å². The Hall–Kier alpha value is -0.160. The van der Waals surface area contributed by atoms with Crippen LogP contribution in [0.15, 0.2) is 0 Å². The van der Waals surface area contributed by atoms with Crippen LogP contribution in [0.1, 0.15) is 32.6 Å². The van der Waals surface area contributed by atoms with Crippen molar-refractivity contribution in [2.45, 2.75) is 38.6 Å². The molecule has 2 fully saturated rings. The minimum absolute atomic E-state index is 0.371. The zero-order valence-electron chi connectivity index (χ0n) is 13.7. The van der Waals surface area contributed by atoms with E-state index in [0.717, 1.165) is 19.7 Å². The number of nitrogens with one attached hydrogen (secondary N) is 1. The fourth-order valence-corrected chi connectivity index (χ4v) is 3.93. The van der Waals surface area contributed by atoms with Gasteiger partial charge in [0.05, 0.1) is 6.61 Å². The lowest BCUT2D eigenvalue weighted by atomic mass is 9.78. The van der Waals surface area contributed by atoms with Gasteiger partial charge in [-0.2, -0.15) is 0 Å². The molecule has 4 heteroatoms. The minimum Gasteiger partial charge on any atom is -0.384 e. The van der Waals surface area contributed by atoms with Crippen molar-refractivity contribution in [1.82, 2.24) is 15.1 Å². The van der Waals surface area contributed by atoms with Gasteiger partial charge in [0.15, 0.2) is 0 Å². The highest BCUT2D eigenvalue weighted by Gasteiger charge is 2.36. The van der Waals surface area contributed by atoms with Crippen molar-refractivity contribution >= 4 is 0 Å². The first-order valence-electron chi connectivity index (χ1n) is 8.31. The van der Waals surface area contributed by atoms with Gasteiger partial charge in [-0.25, -0.2) is 0 Å². The van der Waals surface area contributed by atoms with Crippen LogP contribution in [0, 0.1) is 5.41 Å². The average molecular weight is 283 g/mol. The molecule has 0 amide bonds. The van der Waals surface area contributed by atoms with E-state index < -0.39 is 0 Å². The fraction of sp³-hybridized carbons (Fsp3) is 1.00. The van der Waals surface area contributed by atoms with Crippen LogP contribution in [0.3, 0.4) is 0 Å². The Morgan fingerprint density at radius 1 is 1.25 bits per heavy atom. The molecule has 0 aromatic heterocycles. The molecule has 2 heterocycles. The highest BCUT2D eigenvalue weighted by molar-refractivity contribution is 4.90. The van der Waals surface area contributed by atoms with Crippen molar-refractivity contribution in [2.24, 2.45) is 5.41 Å². The number of piperidine rings is 1. The second-order valence-corrected chi connectivity index (χ2v) is 6.83. The first kappa shape index (κ1) is 16.2. The third-order valence-electron chi connectivity index (χ3n) is 5.15. The Morgan fingerprint density at radius 2 is 2.00 bits per heavy atom. The van der Waals surface area contributed by atoms with Gasteiger partial charge in [0, 0.05) is 31.7 Å². The first-order valence-corrected chi connectivity index (χ1v) is 8.31. The molecule has 0 aromatic rings. The molecule has 118 valence electrons. The van der Waals surface area contributed by atoms with Gasteiger partial charge >= 0.3 is 0 Å². The molecule has 0 radical (unpaired) electrons. The van der Waals surface area contributed by atoms with E-state index in [4.69, 9.17) is 4.74 Å². The average Bonchev–Trinajstić information content (AvgIpc) is 2.61. The summed E-state index contributed by atoms with van der Waals surface area (Å²) in [6.07, 6.45) is 5.06. The van der Waals surface area contributed by atoms with Gasteiger partial charge in [-0.1, -0.05) is 6.92 Å². The molecule has 0 spiro atoms. The van der Waals surface area contributed by atoms with E-state index in [-0.39, 0.29) is 0 Å². The SMILES string of the molecule is CCC1CN(C)CCCN1CC1(COC)CCNCC1. The molecule has 2 aliphatic rings.